The number of aliphatic hydroxyl groups is 1. The second kappa shape index (κ2) is 3.39. The normalized spacial score (nSPS) is 31.5. The van der Waals surface area contributed by atoms with E-state index in [-0.39, 0.29) is 6.10 Å². The molecule has 0 saturated heterocycles. The lowest BCUT2D eigenvalue weighted by Crippen LogP contribution is -2.02. The first-order valence-corrected chi connectivity index (χ1v) is 3.71. The number of allylic oxidation sites excluding steroid dienone is 2. The Morgan fingerprint density at radius 3 is 2.91 bits per heavy atom. The minimum Gasteiger partial charge on any atom is -0.404 e. The predicted octanol–water partition coefficient (Wildman–Crippen LogP) is 1.10. The average molecular weight is 151 g/mol. The van der Waals surface area contributed by atoms with Crippen molar-refractivity contribution >= 4 is 0 Å². The van der Waals surface area contributed by atoms with Crippen LogP contribution in [-0.2, 0) is 0 Å². The van der Waals surface area contributed by atoms with Crippen LogP contribution in [0.4, 0.5) is 0 Å². The van der Waals surface area contributed by atoms with Crippen molar-refractivity contribution < 1.29 is 5.11 Å². The average Bonchev–Trinajstić information content (AvgIpc) is 2.34. The number of hydrogen-bond acceptors (Lipinski definition) is 2. The van der Waals surface area contributed by atoms with Gasteiger partial charge in [-0.15, -0.1) is 0 Å². The lowest BCUT2D eigenvalue weighted by molar-refractivity contribution is 0.218. The third kappa shape index (κ3) is 1.52. The van der Waals surface area contributed by atoms with Crippen molar-refractivity contribution in [2.75, 3.05) is 0 Å². The highest BCUT2D eigenvalue weighted by molar-refractivity contribution is 5.39. The fraction of sp³-hybridized carbons (Fsp3) is 0.333. The molecule has 0 aromatic heterocycles. The molecule has 1 atom stereocenters. The molecule has 0 heterocycles. The first kappa shape index (κ1) is 8.08. The molecule has 0 aromatic rings. The standard InChI is InChI=1S/C9H13NO/c1-2-3-8-7(6-10)4-5-9(8)11/h2-3,6,9,11H,1,4-5,10H2/b7-6-,8-3+. The zero-order valence-electron chi connectivity index (χ0n) is 6.46. The maximum atomic E-state index is 9.41. The molecule has 3 N–H and O–H groups in total. The SMILES string of the molecule is C=C/C=C1\C(=C/N)CCC1O. The van der Waals surface area contributed by atoms with Crippen LogP contribution < -0.4 is 5.73 Å². The molecule has 11 heavy (non-hydrogen) atoms. The van der Waals surface area contributed by atoms with Crippen LogP contribution in [0.3, 0.4) is 0 Å². The Labute approximate surface area is 66.7 Å². The summed E-state index contributed by atoms with van der Waals surface area (Å²) in [5.41, 5.74) is 7.33. The Kier molecular flexibility index (Phi) is 2.49. The number of aliphatic hydroxyl groups excluding tert-OH is 1. The van der Waals surface area contributed by atoms with Crippen LogP contribution in [0.25, 0.3) is 0 Å². The van der Waals surface area contributed by atoms with Crippen LogP contribution in [0, 0.1) is 0 Å². The van der Waals surface area contributed by atoms with Crippen LogP contribution >= 0.6 is 0 Å². The topological polar surface area (TPSA) is 46.2 Å². The van der Waals surface area contributed by atoms with Crippen molar-refractivity contribution in [3.63, 3.8) is 0 Å². The minimum absolute atomic E-state index is 0.345. The number of hydrogen-bond donors (Lipinski definition) is 2. The van der Waals surface area contributed by atoms with Crippen LogP contribution in [-0.4, -0.2) is 11.2 Å². The number of rotatable bonds is 1. The van der Waals surface area contributed by atoms with Crippen molar-refractivity contribution in [3.05, 3.63) is 36.1 Å². The van der Waals surface area contributed by atoms with Gasteiger partial charge in [0.1, 0.15) is 0 Å². The van der Waals surface area contributed by atoms with E-state index in [4.69, 9.17) is 5.73 Å². The van der Waals surface area contributed by atoms with Gasteiger partial charge >= 0.3 is 0 Å². The summed E-state index contributed by atoms with van der Waals surface area (Å²) in [4.78, 5) is 0. The second-order valence-electron chi connectivity index (χ2n) is 2.60. The first-order valence-electron chi connectivity index (χ1n) is 3.71. The highest BCUT2D eigenvalue weighted by atomic mass is 16.3. The zero-order valence-corrected chi connectivity index (χ0v) is 6.46. The highest BCUT2D eigenvalue weighted by Gasteiger charge is 2.21. The van der Waals surface area contributed by atoms with E-state index in [0.717, 1.165) is 24.0 Å². The molecule has 1 rings (SSSR count). The molecule has 0 aliphatic heterocycles. The molecule has 2 heteroatoms. The maximum Gasteiger partial charge on any atom is 0.0796 e. The summed E-state index contributed by atoms with van der Waals surface area (Å²) in [6.07, 6.45) is 6.36. The van der Waals surface area contributed by atoms with E-state index < -0.39 is 0 Å². The van der Waals surface area contributed by atoms with Gasteiger partial charge in [0.2, 0.25) is 0 Å². The van der Waals surface area contributed by atoms with Gasteiger partial charge in [0.25, 0.3) is 0 Å². The minimum atomic E-state index is -0.345. The molecule has 0 bridgehead atoms. The molecule has 1 aliphatic carbocycles. The first-order chi connectivity index (χ1) is 5.29. The van der Waals surface area contributed by atoms with Gasteiger partial charge in [0.05, 0.1) is 6.10 Å². The van der Waals surface area contributed by atoms with Crippen molar-refractivity contribution in [1.82, 2.24) is 0 Å². The van der Waals surface area contributed by atoms with Crippen LogP contribution in [0.2, 0.25) is 0 Å². The van der Waals surface area contributed by atoms with Crippen molar-refractivity contribution in [2.45, 2.75) is 18.9 Å². The second-order valence-corrected chi connectivity index (χ2v) is 2.60. The summed E-state index contributed by atoms with van der Waals surface area (Å²) >= 11 is 0. The van der Waals surface area contributed by atoms with E-state index in [2.05, 4.69) is 6.58 Å². The van der Waals surface area contributed by atoms with Gasteiger partial charge in [-0.3, -0.25) is 0 Å². The van der Waals surface area contributed by atoms with E-state index in [9.17, 15) is 5.11 Å². The molecule has 1 saturated carbocycles. The molecular weight excluding hydrogens is 138 g/mol. The van der Waals surface area contributed by atoms with Crippen LogP contribution in [0.5, 0.6) is 0 Å². The number of nitrogens with two attached hydrogens (primary N) is 1. The van der Waals surface area contributed by atoms with E-state index in [1.54, 1.807) is 12.3 Å². The molecule has 1 unspecified atom stereocenters. The monoisotopic (exact) mass is 151 g/mol. The highest BCUT2D eigenvalue weighted by Crippen LogP contribution is 2.29. The van der Waals surface area contributed by atoms with Gasteiger partial charge in [0.15, 0.2) is 0 Å². The summed E-state index contributed by atoms with van der Waals surface area (Å²) < 4.78 is 0. The quantitative estimate of drug-likeness (QED) is 0.589. The summed E-state index contributed by atoms with van der Waals surface area (Å²) in [6.45, 7) is 3.57. The summed E-state index contributed by atoms with van der Waals surface area (Å²) in [6, 6.07) is 0. The molecule has 60 valence electrons. The van der Waals surface area contributed by atoms with Crippen LogP contribution in [0.1, 0.15) is 12.8 Å². The molecule has 0 spiro atoms. The van der Waals surface area contributed by atoms with Gasteiger partial charge in [-0.2, -0.15) is 0 Å². The Hall–Kier alpha value is -1.02. The maximum absolute atomic E-state index is 9.41. The van der Waals surface area contributed by atoms with Crippen LogP contribution in [0.15, 0.2) is 36.1 Å². The van der Waals surface area contributed by atoms with Gasteiger partial charge in [0, 0.05) is 0 Å². The lowest BCUT2D eigenvalue weighted by atomic mass is 10.1. The smallest absolute Gasteiger partial charge is 0.0796 e. The van der Waals surface area contributed by atoms with E-state index >= 15 is 0 Å². The summed E-state index contributed by atoms with van der Waals surface area (Å²) in [5.74, 6) is 0. The van der Waals surface area contributed by atoms with Crippen molar-refractivity contribution in [3.8, 4) is 0 Å². The largest absolute Gasteiger partial charge is 0.404 e. The lowest BCUT2D eigenvalue weighted by Gasteiger charge is -2.02. The molecule has 0 radical (unpaired) electrons. The van der Waals surface area contributed by atoms with Gasteiger partial charge < -0.3 is 10.8 Å². The van der Waals surface area contributed by atoms with E-state index in [0.29, 0.717) is 0 Å². The molecule has 0 aromatic carbocycles. The van der Waals surface area contributed by atoms with Gasteiger partial charge in [-0.05, 0) is 30.2 Å². The Morgan fingerprint density at radius 1 is 1.64 bits per heavy atom. The van der Waals surface area contributed by atoms with Gasteiger partial charge in [-0.1, -0.05) is 18.7 Å². The molecule has 0 amide bonds. The zero-order chi connectivity index (χ0) is 8.27. The molecule has 1 aliphatic rings. The Bertz CT molecular complexity index is 216. The summed E-state index contributed by atoms with van der Waals surface area (Å²) in [5, 5.41) is 9.41. The Balaban J connectivity index is 2.88. The Morgan fingerprint density at radius 2 is 2.36 bits per heavy atom. The molecule has 2 nitrogen and oxygen atoms in total. The summed E-state index contributed by atoms with van der Waals surface area (Å²) in [7, 11) is 0. The fourth-order valence-electron chi connectivity index (χ4n) is 1.33. The molecule has 1 fully saturated rings. The van der Waals surface area contributed by atoms with E-state index in [1.165, 1.54) is 0 Å². The van der Waals surface area contributed by atoms with Gasteiger partial charge in [-0.25, -0.2) is 0 Å². The third-order valence-electron chi connectivity index (χ3n) is 1.92. The van der Waals surface area contributed by atoms with E-state index in [1.807, 2.05) is 6.08 Å². The van der Waals surface area contributed by atoms with Crippen molar-refractivity contribution in [2.24, 2.45) is 5.73 Å². The fourth-order valence-corrected chi connectivity index (χ4v) is 1.33. The third-order valence-corrected chi connectivity index (χ3v) is 1.92. The molecular formula is C9H13NO. The predicted molar refractivity (Wildman–Crippen MR) is 45.8 cm³/mol. The van der Waals surface area contributed by atoms with Crippen molar-refractivity contribution in [1.29, 1.82) is 0 Å².